The summed E-state index contributed by atoms with van der Waals surface area (Å²) < 4.78 is 0. The van der Waals surface area contributed by atoms with Gasteiger partial charge in [0.05, 0.1) is 0 Å². The third-order valence-electron chi connectivity index (χ3n) is 4.45. The minimum atomic E-state index is 0.499. The van der Waals surface area contributed by atoms with Gasteiger partial charge in [-0.3, -0.25) is 0 Å². The average molecular weight is 304 g/mol. The maximum Gasteiger partial charge on any atom is 0.00743 e. The Bertz CT molecular complexity index is 211. The number of hydrogen-bond donors (Lipinski definition) is 0. The molecule has 102 valence electrons. The molecular weight excluding hydrogens is 274 g/mol. The highest BCUT2D eigenvalue weighted by Crippen LogP contribution is 2.34. The van der Waals surface area contributed by atoms with Crippen LogP contribution < -0.4 is 0 Å². The largest absolute Gasteiger partial charge is 0.303 e. The molecule has 17 heavy (non-hydrogen) atoms. The molecule has 0 bridgehead atoms. The first-order valence-electron chi connectivity index (χ1n) is 7.13. The lowest BCUT2D eigenvalue weighted by Crippen LogP contribution is -2.41. The van der Waals surface area contributed by atoms with Crippen molar-refractivity contribution in [3.8, 4) is 0 Å². The van der Waals surface area contributed by atoms with Crippen LogP contribution in [0.25, 0.3) is 0 Å². The number of hydrogen-bond acceptors (Lipinski definition) is 1. The van der Waals surface area contributed by atoms with Gasteiger partial charge in [0.15, 0.2) is 0 Å². The SMILES string of the molecule is CC(C)C(CBr)CN1CCC(C(C)(C)C)CC1. The lowest BCUT2D eigenvalue weighted by molar-refractivity contribution is 0.0977. The minimum Gasteiger partial charge on any atom is -0.303 e. The third kappa shape index (κ3) is 4.90. The molecule has 0 aliphatic carbocycles. The number of nitrogens with zero attached hydrogens (tertiary/aromatic N) is 1. The Kier molecular flexibility index (Phi) is 5.98. The van der Waals surface area contributed by atoms with Crippen LogP contribution in [0.15, 0.2) is 0 Å². The van der Waals surface area contributed by atoms with Crippen LogP contribution in [0.1, 0.15) is 47.5 Å². The van der Waals surface area contributed by atoms with E-state index in [4.69, 9.17) is 0 Å². The fraction of sp³-hybridized carbons (Fsp3) is 1.00. The van der Waals surface area contributed by atoms with Crippen molar-refractivity contribution in [3.63, 3.8) is 0 Å². The van der Waals surface area contributed by atoms with Crippen molar-refractivity contribution in [1.29, 1.82) is 0 Å². The maximum absolute atomic E-state index is 3.66. The molecule has 1 atom stereocenters. The second-order valence-electron chi connectivity index (χ2n) is 7.10. The molecule has 0 spiro atoms. The van der Waals surface area contributed by atoms with Crippen LogP contribution in [0, 0.1) is 23.2 Å². The first-order valence-corrected chi connectivity index (χ1v) is 8.25. The van der Waals surface area contributed by atoms with Gasteiger partial charge in [-0.2, -0.15) is 0 Å². The summed E-state index contributed by atoms with van der Waals surface area (Å²) in [5, 5.41) is 1.14. The van der Waals surface area contributed by atoms with Crippen molar-refractivity contribution in [2.24, 2.45) is 23.2 Å². The molecule has 0 amide bonds. The number of halogens is 1. The van der Waals surface area contributed by atoms with Crippen LogP contribution in [0.5, 0.6) is 0 Å². The molecule has 1 unspecified atom stereocenters. The average Bonchev–Trinajstić information content (AvgIpc) is 2.25. The molecule has 0 N–H and O–H groups in total. The van der Waals surface area contributed by atoms with E-state index in [1.165, 1.54) is 32.5 Å². The molecule has 0 aromatic heterocycles. The molecular formula is C15H30BrN. The van der Waals surface area contributed by atoms with Crippen LogP contribution in [0.4, 0.5) is 0 Å². The summed E-state index contributed by atoms with van der Waals surface area (Å²) in [5.41, 5.74) is 0.499. The van der Waals surface area contributed by atoms with Gasteiger partial charge in [0.2, 0.25) is 0 Å². The van der Waals surface area contributed by atoms with Gasteiger partial charge >= 0.3 is 0 Å². The normalized spacial score (nSPS) is 22.1. The van der Waals surface area contributed by atoms with Gasteiger partial charge in [-0.25, -0.2) is 0 Å². The number of likely N-dealkylation sites (tertiary alicyclic amines) is 1. The van der Waals surface area contributed by atoms with Crippen LogP contribution in [-0.4, -0.2) is 29.9 Å². The van der Waals surface area contributed by atoms with Crippen LogP contribution >= 0.6 is 15.9 Å². The van der Waals surface area contributed by atoms with Crippen LogP contribution in [-0.2, 0) is 0 Å². The Labute approximate surface area is 116 Å². The molecule has 1 heterocycles. The van der Waals surface area contributed by atoms with Crippen molar-refractivity contribution < 1.29 is 0 Å². The summed E-state index contributed by atoms with van der Waals surface area (Å²) in [7, 11) is 0. The van der Waals surface area contributed by atoms with E-state index in [9.17, 15) is 0 Å². The van der Waals surface area contributed by atoms with E-state index in [1.807, 2.05) is 0 Å². The molecule has 1 saturated heterocycles. The zero-order valence-corrected chi connectivity index (χ0v) is 13.9. The van der Waals surface area contributed by atoms with Gasteiger partial charge in [-0.15, -0.1) is 0 Å². The highest BCUT2D eigenvalue weighted by molar-refractivity contribution is 9.09. The molecule has 2 heteroatoms. The molecule has 1 aliphatic heterocycles. The molecule has 0 saturated carbocycles. The molecule has 1 fully saturated rings. The van der Waals surface area contributed by atoms with Gasteiger partial charge in [0, 0.05) is 11.9 Å². The highest BCUT2D eigenvalue weighted by atomic mass is 79.9. The van der Waals surface area contributed by atoms with Gasteiger partial charge < -0.3 is 4.90 Å². The fourth-order valence-electron chi connectivity index (χ4n) is 2.75. The second kappa shape index (κ2) is 6.56. The van der Waals surface area contributed by atoms with Gasteiger partial charge in [0.25, 0.3) is 0 Å². The fourth-order valence-corrected chi connectivity index (χ4v) is 3.70. The molecule has 0 aromatic carbocycles. The third-order valence-corrected chi connectivity index (χ3v) is 5.28. The summed E-state index contributed by atoms with van der Waals surface area (Å²) >= 11 is 3.66. The zero-order chi connectivity index (χ0) is 13.1. The lowest BCUT2D eigenvalue weighted by Gasteiger charge is -2.40. The van der Waals surface area contributed by atoms with Crippen LogP contribution in [0.3, 0.4) is 0 Å². The summed E-state index contributed by atoms with van der Waals surface area (Å²) in [6.45, 7) is 15.7. The van der Waals surface area contributed by atoms with E-state index < -0.39 is 0 Å². The Hall–Kier alpha value is 0.440. The zero-order valence-electron chi connectivity index (χ0n) is 12.3. The minimum absolute atomic E-state index is 0.499. The summed E-state index contributed by atoms with van der Waals surface area (Å²) in [6.07, 6.45) is 2.77. The van der Waals surface area contributed by atoms with Crippen molar-refractivity contribution in [2.75, 3.05) is 25.0 Å². The summed E-state index contributed by atoms with van der Waals surface area (Å²) in [5.74, 6) is 2.51. The van der Waals surface area contributed by atoms with E-state index in [0.29, 0.717) is 5.41 Å². The lowest BCUT2D eigenvalue weighted by atomic mass is 9.75. The number of piperidine rings is 1. The summed E-state index contributed by atoms with van der Waals surface area (Å²) in [4.78, 5) is 2.67. The van der Waals surface area contributed by atoms with Crippen LogP contribution in [0.2, 0.25) is 0 Å². The van der Waals surface area contributed by atoms with E-state index in [2.05, 4.69) is 55.4 Å². The number of alkyl halides is 1. The quantitative estimate of drug-likeness (QED) is 0.695. The maximum atomic E-state index is 3.66. The summed E-state index contributed by atoms with van der Waals surface area (Å²) in [6, 6.07) is 0. The first kappa shape index (κ1) is 15.5. The van der Waals surface area contributed by atoms with Crippen molar-refractivity contribution in [2.45, 2.75) is 47.5 Å². The monoisotopic (exact) mass is 303 g/mol. The van der Waals surface area contributed by atoms with E-state index in [1.54, 1.807) is 0 Å². The molecule has 0 radical (unpaired) electrons. The molecule has 0 aromatic rings. The van der Waals surface area contributed by atoms with Crippen molar-refractivity contribution >= 4 is 15.9 Å². The molecule has 1 aliphatic rings. The second-order valence-corrected chi connectivity index (χ2v) is 7.75. The van der Waals surface area contributed by atoms with E-state index in [0.717, 1.165) is 23.1 Å². The predicted octanol–water partition coefficient (Wildman–Crippen LogP) is 4.41. The Balaban J connectivity index is 2.37. The Morgan fingerprint density at radius 3 is 2.06 bits per heavy atom. The topological polar surface area (TPSA) is 3.24 Å². The first-order chi connectivity index (χ1) is 7.84. The van der Waals surface area contributed by atoms with Gasteiger partial charge in [0.1, 0.15) is 0 Å². The Morgan fingerprint density at radius 1 is 1.18 bits per heavy atom. The van der Waals surface area contributed by atoms with Gasteiger partial charge in [-0.1, -0.05) is 50.5 Å². The van der Waals surface area contributed by atoms with E-state index >= 15 is 0 Å². The van der Waals surface area contributed by atoms with Crippen molar-refractivity contribution in [1.82, 2.24) is 4.90 Å². The van der Waals surface area contributed by atoms with E-state index in [-0.39, 0.29) is 0 Å². The van der Waals surface area contributed by atoms with Gasteiger partial charge in [-0.05, 0) is 49.1 Å². The molecule has 1 nitrogen and oxygen atoms in total. The smallest absolute Gasteiger partial charge is 0.00743 e. The standard InChI is InChI=1S/C15H30BrN/c1-12(2)13(10-16)11-17-8-6-14(7-9-17)15(3,4)5/h12-14H,6-11H2,1-5H3. The van der Waals surface area contributed by atoms with Crippen molar-refractivity contribution in [3.05, 3.63) is 0 Å². The number of rotatable bonds is 4. The predicted molar refractivity (Wildman–Crippen MR) is 80.7 cm³/mol. The Morgan fingerprint density at radius 2 is 1.71 bits per heavy atom. The highest BCUT2D eigenvalue weighted by Gasteiger charge is 2.29. The molecule has 1 rings (SSSR count).